The lowest BCUT2D eigenvalue weighted by Crippen LogP contribution is -1.79. The molecule has 0 saturated heterocycles. The molecule has 9 heavy (non-hydrogen) atoms. The Morgan fingerprint density at radius 3 is 1.78 bits per heavy atom. The van der Waals surface area contributed by atoms with Gasteiger partial charge in [0.2, 0.25) is 0 Å². The van der Waals surface area contributed by atoms with Crippen LogP contribution in [-0.4, -0.2) is 7.05 Å². The summed E-state index contributed by atoms with van der Waals surface area (Å²) >= 11 is 0. The summed E-state index contributed by atoms with van der Waals surface area (Å²) in [7, 11) is 1.50. The van der Waals surface area contributed by atoms with Crippen molar-refractivity contribution in [2.24, 2.45) is 5.73 Å². The number of nitrogens with two attached hydrogens (primary N) is 2. The van der Waals surface area contributed by atoms with Gasteiger partial charge in [-0.2, -0.15) is 0 Å². The topological polar surface area (TPSA) is 52.0 Å². The molecule has 0 unspecified atom stereocenters. The van der Waals surface area contributed by atoms with Crippen molar-refractivity contribution in [1.82, 2.24) is 0 Å². The van der Waals surface area contributed by atoms with Gasteiger partial charge in [-0.15, -0.1) is 0 Å². The van der Waals surface area contributed by atoms with Crippen LogP contribution in [0.15, 0.2) is 30.3 Å². The summed E-state index contributed by atoms with van der Waals surface area (Å²) in [6.45, 7) is 0. The maximum absolute atomic E-state index is 5.36. The summed E-state index contributed by atoms with van der Waals surface area (Å²) in [5, 5.41) is 0. The van der Waals surface area contributed by atoms with E-state index in [9.17, 15) is 0 Å². The predicted octanol–water partition coefficient (Wildman–Crippen LogP) is 1.34. The SMILES string of the molecule is CN.Nc1ccccc1.[HH].[HH]. The fourth-order valence-corrected chi connectivity index (χ4v) is 0.453. The summed E-state index contributed by atoms with van der Waals surface area (Å²) in [5.41, 5.74) is 10.7. The van der Waals surface area contributed by atoms with Crippen molar-refractivity contribution >= 4 is 5.69 Å². The van der Waals surface area contributed by atoms with Gasteiger partial charge in [0, 0.05) is 8.54 Å². The lowest BCUT2D eigenvalue weighted by atomic mass is 10.3. The molecule has 0 heterocycles. The first-order chi connectivity index (χ1) is 4.39. The Bertz CT molecular complexity index is 144. The standard InChI is InChI=1S/C6H7N.CH5N.2H2/c7-6-4-2-1-3-5-6;1-2;;/h1-5H,7H2;2H2,1H3;2*1H. The Morgan fingerprint density at radius 2 is 1.56 bits per heavy atom. The summed E-state index contributed by atoms with van der Waals surface area (Å²) in [5.74, 6) is 0. The van der Waals surface area contributed by atoms with Gasteiger partial charge >= 0.3 is 0 Å². The van der Waals surface area contributed by atoms with E-state index in [4.69, 9.17) is 5.73 Å². The zero-order valence-corrected chi connectivity index (χ0v) is 5.54. The van der Waals surface area contributed by atoms with E-state index in [-0.39, 0.29) is 2.85 Å². The molecule has 0 saturated carbocycles. The van der Waals surface area contributed by atoms with Gasteiger partial charge < -0.3 is 11.5 Å². The Balaban J connectivity index is -0.000000149. The number of benzene rings is 1. The van der Waals surface area contributed by atoms with Crippen molar-refractivity contribution in [1.29, 1.82) is 0 Å². The summed E-state index contributed by atoms with van der Waals surface area (Å²) in [6.07, 6.45) is 0. The normalized spacial score (nSPS) is 7.33. The zero-order chi connectivity index (χ0) is 7.11. The van der Waals surface area contributed by atoms with Crippen molar-refractivity contribution in [2.45, 2.75) is 0 Å². The van der Waals surface area contributed by atoms with Crippen LogP contribution >= 0.6 is 0 Å². The highest BCUT2D eigenvalue weighted by Gasteiger charge is 1.72. The second kappa shape index (κ2) is 5.12. The molecule has 0 aromatic heterocycles. The summed E-state index contributed by atoms with van der Waals surface area (Å²) < 4.78 is 0. The first kappa shape index (κ1) is 7.98. The molecule has 2 nitrogen and oxygen atoms in total. The molecular weight excluding hydrogens is 112 g/mol. The van der Waals surface area contributed by atoms with E-state index >= 15 is 0 Å². The molecule has 0 amide bonds. The maximum Gasteiger partial charge on any atom is 0.0313 e. The first-order valence-electron chi connectivity index (χ1n) is 2.78. The molecular formula is C7H16N2. The van der Waals surface area contributed by atoms with E-state index in [1.165, 1.54) is 7.05 Å². The third-order valence-corrected chi connectivity index (χ3v) is 0.800. The molecule has 0 aliphatic carbocycles. The molecule has 54 valence electrons. The summed E-state index contributed by atoms with van der Waals surface area (Å²) in [6, 6.07) is 9.49. The van der Waals surface area contributed by atoms with Crippen LogP contribution in [0.25, 0.3) is 0 Å². The monoisotopic (exact) mass is 128 g/mol. The van der Waals surface area contributed by atoms with Crippen molar-refractivity contribution in [3.8, 4) is 0 Å². The number of hydrogen-bond donors (Lipinski definition) is 2. The lowest BCUT2D eigenvalue weighted by molar-refractivity contribution is 1.48. The molecule has 0 aliphatic heterocycles. The average Bonchev–Trinajstić information content (AvgIpc) is 1.94. The molecule has 1 rings (SSSR count). The molecule has 1 aromatic carbocycles. The minimum absolute atomic E-state index is 0. The van der Waals surface area contributed by atoms with E-state index in [1.807, 2.05) is 30.3 Å². The third kappa shape index (κ3) is 3.55. The zero-order valence-electron chi connectivity index (χ0n) is 5.54. The van der Waals surface area contributed by atoms with Crippen LogP contribution in [0.3, 0.4) is 0 Å². The van der Waals surface area contributed by atoms with Gasteiger partial charge in [0.25, 0.3) is 0 Å². The number of para-hydroxylation sites is 1. The quantitative estimate of drug-likeness (QED) is 0.518. The highest BCUT2D eigenvalue weighted by molar-refractivity contribution is 5.35. The van der Waals surface area contributed by atoms with Gasteiger partial charge in [0.1, 0.15) is 0 Å². The van der Waals surface area contributed by atoms with Crippen molar-refractivity contribution in [3.63, 3.8) is 0 Å². The molecule has 0 bridgehead atoms. The first-order valence-corrected chi connectivity index (χ1v) is 2.78. The molecule has 1 aromatic rings. The maximum atomic E-state index is 5.36. The Hall–Kier alpha value is -1.02. The van der Waals surface area contributed by atoms with Gasteiger partial charge in [-0.05, 0) is 19.2 Å². The Labute approximate surface area is 58.5 Å². The average molecular weight is 128 g/mol. The molecule has 0 aliphatic rings. The number of rotatable bonds is 0. The third-order valence-electron chi connectivity index (χ3n) is 0.800. The van der Waals surface area contributed by atoms with Gasteiger partial charge in [-0.3, -0.25) is 0 Å². The van der Waals surface area contributed by atoms with Crippen LogP contribution in [0.4, 0.5) is 5.69 Å². The van der Waals surface area contributed by atoms with Crippen LogP contribution < -0.4 is 11.5 Å². The molecule has 0 atom stereocenters. The molecule has 0 spiro atoms. The minimum atomic E-state index is 0. The van der Waals surface area contributed by atoms with Gasteiger partial charge in [-0.1, -0.05) is 18.2 Å². The highest BCUT2D eigenvalue weighted by atomic mass is 14.5. The van der Waals surface area contributed by atoms with E-state index in [2.05, 4.69) is 5.73 Å². The Kier molecular flexibility index (Phi) is 4.54. The van der Waals surface area contributed by atoms with E-state index in [0.29, 0.717) is 0 Å². The van der Waals surface area contributed by atoms with Gasteiger partial charge in [0.05, 0.1) is 0 Å². The predicted molar refractivity (Wildman–Crippen MR) is 45.2 cm³/mol. The highest BCUT2D eigenvalue weighted by Crippen LogP contribution is 1.95. The van der Waals surface area contributed by atoms with Gasteiger partial charge in [0.15, 0.2) is 0 Å². The van der Waals surface area contributed by atoms with E-state index in [1.54, 1.807) is 0 Å². The second-order valence-corrected chi connectivity index (χ2v) is 1.41. The number of nitrogen functional groups attached to an aromatic ring is 1. The smallest absolute Gasteiger partial charge is 0.0313 e. The molecule has 4 N–H and O–H groups in total. The Morgan fingerprint density at radius 1 is 1.11 bits per heavy atom. The molecule has 0 radical (unpaired) electrons. The largest absolute Gasteiger partial charge is 0.399 e. The fraction of sp³-hybridized carbons (Fsp3) is 0.143. The van der Waals surface area contributed by atoms with Crippen LogP contribution in [0, 0.1) is 0 Å². The molecule has 2 heteroatoms. The van der Waals surface area contributed by atoms with Crippen molar-refractivity contribution in [2.75, 3.05) is 12.8 Å². The fourth-order valence-electron chi connectivity index (χ4n) is 0.453. The van der Waals surface area contributed by atoms with Crippen LogP contribution in [0.2, 0.25) is 0 Å². The van der Waals surface area contributed by atoms with E-state index in [0.717, 1.165) is 5.69 Å². The van der Waals surface area contributed by atoms with Crippen molar-refractivity contribution < 1.29 is 2.85 Å². The van der Waals surface area contributed by atoms with Crippen LogP contribution in [-0.2, 0) is 0 Å². The van der Waals surface area contributed by atoms with E-state index < -0.39 is 0 Å². The van der Waals surface area contributed by atoms with Crippen molar-refractivity contribution in [3.05, 3.63) is 30.3 Å². The van der Waals surface area contributed by atoms with Gasteiger partial charge in [-0.25, -0.2) is 0 Å². The van der Waals surface area contributed by atoms with Crippen LogP contribution in [0.1, 0.15) is 2.85 Å². The summed E-state index contributed by atoms with van der Waals surface area (Å²) in [4.78, 5) is 0. The number of hydrogen-bond acceptors (Lipinski definition) is 2. The number of anilines is 1. The second-order valence-electron chi connectivity index (χ2n) is 1.41. The molecule has 0 fully saturated rings. The minimum Gasteiger partial charge on any atom is -0.399 e. The lowest BCUT2D eigenvalue weighted by Gasteiger charge is -1.83. The van der Waals surface area contributed by atoms with Crippen LogP contribution in [0.5, 0.6) is 0 Å².